The molecule has 0 fully saturated rings. The molecule has 0 spiro atoms. The van der Waals surface area contributed by atoms with E-state index in [2.05, 4.69) is 16.6 Å². The fraction of sp³-hybridized carbons (Fsp3) is 0.364. The van der Waals surface area contributed by atoms with Gasteiger partial charge in [0.05, 0.1) is 5.70 Å². The Bertz CT molecular complexity index is 372. The molecule has 0 aliphatic heterocycles. The number of allylic oxidation sites excluding steroid dienone is 4. The molecule has 0 bridgehead atoms. The van der Waals surface area contributed by atoms with Crippen molar-refractivity contribution in [1.82, 2.24) is 5.32 Å². The van der Waals surface area contributed by atoms with Crippen molar-refractivity contribution in [3.8, 4) is 11.8 Å². The van der Waals surface area contributed by atoms with Crippen LogP contribution in [-0.2, 0) is 9.53 Å². The predicted octanol–water partition coefficient (Wildman–Crippen LogP) is 1.77. The molecular weight excluding hydrogens is 235 g/mol. The van der Waals surface area contributed by atoms with Crippen LogP contribution >= 0.6 is 0 Å². The number of amides is 1. The van der Waals surface area contributed by atoms with Gasteiger partial charge in [0, 0.05) is 7.11 Å². The minimum absolute atomic E-state index is 0.0646. The molecule has 0 saturated carbocycles. The van der Waals surface area contributed by atoms with Crippen molar-refractivity contribution in [2.75, 3.05) is 13.7 Å². The summed E-state index contributed by atoms with van der Waals surface area (Å²) >= 11 is 0. The normalized spacial score (nSPS) is 12.2. The molecule has 94 valence electrons. The van der Waals surface area contributed by atoms with Gasteiger partial charge in [-0.15, -0.1) is 0 Å². The van der Waals surface area contributed by atoms with E-state index < -0.39 is 12.1 Å². The molecule has 0 aliphatic carbocycles. The number of carbonyl (C=O) groups is 1. The van der Waals surface area contributed by atoms with Crippen LogP contribution in [0.15, 0.2) is 23.9 Å². The Morgan fingerprint density at radius 2 is 2.12 bits per heavy atom. The third-order valence-electron chi connectivity index (χ3n) is 1.40. The van der Waals surface area contributed by atoms with Crippen LogP contribution in [0, 0.1) is 11.8 Å². The van der Waals surface area contributed by atoms with E-state index >= 15 is 0 Å². The monoisotopic (exact) mass is 247 g/mol. The highest BCUT2D eigenvalue weighted by molar-refractivity contribution is 5.84. The van der Waals surface area contributed by atoms with Gasteiger partial charge in [-0.3, -0.25) is 4.79 Å². The van der Waals surface area contributed by atoms with E-state index in [0.29, 0.717) is 0 Å². The molecule has 0 radical (unpaired) electrons. The van der Waals surface area contributed by atoms with Crippen molar-refractivity contribution in [3.63, 3.8) is 0 Å². The number of methoxy groups -OCH3 is 1. The van der Waals surface area contributed by atoms with E-state index in [1.165, 1.54) is 19.3 Å². The highest BCUT2D eigenvalue weighted by atomic mass is 19.4. The van der Waals surface area contributed by atoms with E-state index in [4.69, 9.17) is 0 Å². The molecule has 6 heteroatoms. The van der Waals surface area contributed by atoms with Gasteiger partial charge in [0.25, 0.3) is 0 Å². The summed E-state index contributed by atoms with van der Waals surface area (Å²) in [6.07, 6.45) is -0.602. The first kappa shape index (κ1) is 15.3. The van der Waals surface area contributed by atoms with Gasteiger partial charge in [-0.1, -0.05) is 18.1 Å². The Kier molecular flexibility index (Phi) is 6.75. The molecule has 0 rings (SSSR count). The third-order valence-corrected chi connectivity index (χ3v) is 1.40. The van der Waals surface area contributed by atoms with Crippen LogP contribution in [0.2, 0.25) is 0 Å². The second-order valence-corrected chi connectivity index (χ2v) is 2.79. The summed E-state index contributed by atoms with van der Waals surface area (Å²) in [7, 11) is 1.40. The Balaban J connectivity index is 4.75. The van der Waals surface area contributed by atoms with Crippen LogP contribution in [-0.4, -0.2) is 25.8 Å². The molecule has 1 N–H and O–H groups in total. The number of hydrogen-bond acceptors (Lipinski definition) is 2. The van der Waals surface area contributed by atoms with Crippen molar-refractivity contribution in [2.24, 2.45) is 0 Å². The van der Waals surface area contributed by atoms with Crippen molar-refractivity contribution >= 4 is 5.91 Å². The number of carbonyl (C=O) groups excluding carboxylic acids is 1. The van der Waals surface area contributed by atoms with E-state index in [1.807, 2.05) is 0 Å². The topological polar surface area (TPSA) is 38.3 Å². The van der Waals surface area contributed by atoms with Crippen LogP contribution in [0.1, 0.15) is 6.92 Å². The van der Waals surface area contributed by atoms with Crippen LogP contribution < -0.4 is 5.32 Å². The van der Waals surface area contributed by atoms with Crippen molar-refractivity contribution in [1.29, 1.82) is 0 Å². The van der Waals surface area contributed by atoms with E-state index in [0.717, 1.165) is 0 Å². The minimum atomic E-state index is -4.93. The SMILES string of the molecule is C/C=C\C=C(\C#CCOC)NC(=O)C(F)(F)F. The number of halogens is 3. The predicted molar refractivity (Wildman–Crippen MR) is 56.7 cm³/mol. The summed E-state index contributed by atoms with van der Waals surface area (Å²) in [5.74, 6) is 2.75. The zero-order chi connectivity index (χ0) is 13.3. The minimum Gasteiger partial charge on any atom is -0.372 e. The fourth-order valence-electron chi connectivity index (χ4n) is 0.704. The molecule has 0 unspecified atom stereocenters. The molecule has 1 amide bonds. The number of hydrogen-bond donors (Lipinski definition) is 1. The number of alkyl halides is 3. The summed E-state index contributed by atoms with van der Waals surface area (Å²) in [6.45, 7) is 1.75. The van der Waals surface area contributed by atoms with E-state index in [1.54, 1.807) is 18.3 Å². The van der Waals surface area contributed by atoms with Gasteiger partial charge in [0.15, 0.2) is 0 Å². The molecule has 0 heterocycles. The summed E-state index contributed by atoms with van der Waals surface area (Å²) in [5, 5.41) is 1.67. The maximum Gasteiger partial charge on any atom is 0.471 e. The Hall–Kier alpha value is -1.74. The molecule has 3 nitrogen and oxygen atoms in total. The second kappa shape index (κ2) is 7.52. The lowest BCUT2D eigenvalue weighted by atomic mass is 10.3. The number of ether oxygens (including phenoxy) is 1. The summed E-state index contributed by atoms with van der Waals surface area (Å²) < 4.78 is 40.6. The summed E-state index contributed by atoms with van der Waals surface area (Å²) in [4.78, 5) is 10.7. The Labute approximate surface area is 97.3 Å². The zero-order valence-corrected chi connectivity index (χ0v) is 9.39. The van der Waals surface area contributed by atoms with E-state index in [9.17, 15) is 18.0 Å². The maximum absolute atomic E-state index is 12.0. The second-order valence-electron chi connectivity index (χ2n) is 2.79. The average molecular weight is 247 g/mol. The first-order valence-corrected chi connectivity index (χ1v) is 4.60. The highest BCUT2D eigenvalue weighted by Gasteiger charge is 2.38. The lowest BCUT2D eigenvalue weighted by Crippen LogP contribution is -2.35. The largest absolute Gasteiger partial charge is 0.471 e. The van der Waals surface area contributed by atoms with Gasteiger partial charge in [-0.2, -0.15) is 13.2 Å². The third kappa shape index (κ3) is 7.19. The highest BCUT2D eigenvalue weighted by Crippen LogP contribution is 2.14. The van der Waals surface area contributed by atoms with Gasteiger partial charge in [-0.25, -0.2) is 0 Å². The first-order chi connectivity index (χ1) is 7.91. The standard InChI is InChI=1S/C11H12F3NO2/c1-3-4-6-9(7-5-8-17-2)15-10(16)11(12,13)14/h3-4,6H,8H2,1-2H3,(H,15,16)/b4-3-,9-6-. The van der Waals surface area contributed by atoms with Crippen LogP contribution in [0.5, 0.6) is 0 Å². The summed E-state index contributed by atoms with van der Waals surface area (Å²) in [5.41, 5.74) is -0.137. The van der Waals surface area contributed by atoms with Gasteiger partial charge in [-0.05, 0) is 18.9 Å². The van der Waals surface area contributed by atoms with Gasteiger partial charge in [0.2, 0.25) is 0 Å². The summed E-state index contributed by atoms with van der Waals surface area (Å²) in [6, 6.07) is 0. The molecular formula is C11H12F3NO2. The van der Waals surface area contributed by atoms with Gasteiger partial charge in [0.1, 0.15) is 6.61 Å². The van der Waals surface area contributed by atoms with Gasteiger partial charge < -0.3 is 10.1 Å². The first-order valence-electron chi connectivity index (χ1n) is 4.60. The lowest BCUT2D eigenvalue weighted by molar-refractivity contribution is -0.172. The zero-order valence-electron chi connectivity index (χ0n) is 9.39. The number of rotatable bonds is 3. The quantitative estimate of drug-likeness (QED) is 0.609. The number of nitrogens with one attached hydrogen (secondary N) is 1. The Morgan fingerprint density at radius 1 is 1.47 bits per heavy atom. The molecule has 0 saturated heterocycles. The smallest absolute Gasteiger partial charge is 0.372 e. The molecule has 17 heavy (non-hydrogen) atoms. The van der Waals surface area contributed by atoms with Crippen molar-refractivity contribution in [2.45, 2.75) is 13.1 Å². The molecule has 0 atom stereocenters. The van der Waals surface area contributed by atoms with Crippen LogP contribution in [0.3, 0.4) is 0 Å². The van der Waals surface area contributed by atoms with Crippen LogP contribution in [0.4, 0.5) is 13.2 Å². The van der Waals surface area contributed by atoms with Crippen molar-refractivity contribution in [3.05, 3.63) is 23.9 Å². The van der Waals surface area contributed by atoms with Crippen LogP contribution in [0.25, 0.3) is 0 Å². The fourth-order valence-corrected chi connectivity index (χ4v) is 0.704. The average Bonchev–Trinajstić information content (AvgIpc) is 2.24. The van der Waals surface area contributed by atoms with E-state index in [-0.39, 0.29) is 12.3 Å². The molecule has 0 aromatic carbocycles. The molecule has 0 aliphatic rings. The van der Waals surface area contributed by atoms with Crippen molar-refractivity contribution < 1.29 is 22.7 Å². The Morgan fingerprint density at radius 3 is 2.59 bits per heavy atom. The molecule has 0 aromatic heterocycles. The maximum atomic E-state index is 12.0. The molecule has 0 aromatic rings. The van der Waals surface area contributed by atoms with Gasteiger partial charge >= 0.3 is 12.1 Å². The lowest BCUT2D eigenvalue weighted by Gasteiger charge is -2.06.